The van der Waals surface area contributed by atoms with Gasteiger partial charge >= 0.3 is 0 Å². The van der Waals surface area contributed by atoms with E-state index in [-0.39, 0.29) is 0 Å². The van der Waals surface area contributed by atoms with Crippen LogP contribution in [0.3, 0.4) is 0 Å². The number of pyridine rings is 1. The molecule has 0 saturated heterocycles. The Morgan fingerprint density at radius 3 is 2.75 bits per heavy atom. The molecule has 2 aromatic heterocycles. The maximum atomic E-state index is 5.01. The van der Waals surface area contributed by atoms with Crippen molar-refractivity contribution in [2.24, 2.45) is 5.10 Å². The number of aromatic nitrogens is 3. The number of para-hydroxylation sites is 1. The van der Waals surface area contributed by atoms with Crippen LogP contribution in [0, 0.1) is 0 Å². The van der Waals surface area contributed by atoms with Gasteiger partial charge in [0.15, 0.2) is 5.11 Å². The molecular weight excluding hydrogens is 320 g/mol. The van der Waals surface area contributed by atoms with Gasteiger partial charge in [0.25, 0.3) is 0 Å². The largest absolute Gasteiger partial charge is 0.364 e. The van der Waals surface area contributed by atoms with Crippen molar-refractivity contribution in [1.29, 1.82) is 0 Å². The van der Waals surface area contributed by atoms with E-state index in [4.69, 9.17) is 12.2 Å². The fraction of sp³-hybridized carbons (Fsp3) is 0.0588. The SMILES string of the molecule is CNC(=S)N/N=C\c1cn(-c2ccccc2)nc1-c1cccnc1. The zero-order chi connectivity index (χ0) is 16.8. The number of thiocarbonyl (C=S) groups is 1. The second kappa shape index (κ2) is 7.47. The van der Waals surface area contributed by atoms with Crippen molar-refractivity contribution in [3.63, 3.8) is 0 Å². The first kappa shape index (κ1) is 15.8. The minimum absolute atomic E-state index is 0.449. The number of nitrogens with zero attached hydrogens (tertiary/aromatic N) is 4. The number of hydrazone groups is 1. The average molecular weight is 336 g/mol. The van der Waals surface area contributed by atoms with Gasteiger partial charge in [-0.1, -0.05) is 18.2 Å². The van der Waals surface area contributed by atoms with Crippen LogP contribution in [0.4, 0.5) is 0 Å². The maximum absolute atomic E-state index is 5.01. The van der Waals surface area contributed by atoms with Gasteiger partial charge in [-0.3, -0.25) is 10.4 Å². The monoisotopic (exact) mass is 336 g/mol. The molecule has 7 heteroatoms. The first-order valence-corrected chi connectivity index (χ1v) is 7.75. The summed E-state index contributed by atoms with van der Waals surface area (Å²) in [7, 11) is 1.74. The number of hydrogen-bond acceptors (Lipinski definition) is 4. The molecule has 120 valence electrons. The first-order chi connectivity index (χ1) is 11.8. The average Bonchev–Trinajstić information content (AvgIpc) is 3.07. The Hall–Kier alpha value is -3.06. The predicted molar refractivity (Wildman–Crippen MR) is 99.2 cm³/mol. The molecule has 0 spiro atoms. The minimum atomic E-state index is 0.449. The lowest BCUT2D eigenvalue weighted by molar-refractivity contribution is 0.884. The molecule has 0 aliphatic rings. The summed E-state index contributed by atoms with van der Waals surface area (Å²) in [6, 6.07) is 13.8. The second-order valence-corrected chi connectivity index (χ2v) is 5.31. The highest BCUT2D eigenvalue weighted by Gasteiger charge is 2.11. The van der Waals surface area contributed by atoms with E-state index >= 15 is 0 Å². The van der Waals surface area contributed by atoms with Crippen molar-refractivity contribution >= 4 is 23.5 Å². The Bertz CT molecular complexity index is 842. The highest BCUT2D eigenvalue weighted by Crippen LogP contribution is 2.21. The van der Waals surface area contributed by atoms with Gasteiger partial charge in [-0.25, -0.2) is 4.68 Å². The zero-order valence-electron chi connectivity index (χ0n) is 13.0. The van der Waals surface area contributed by atoms with Gasteiger partial charge in [0.05, 0.1) is 11.9 Å². The van der Waals surface area contributed by atoms with Crippen LogP contribution in [0.5, 0.6) is 0 Å². The quantitative estimate of drug-likeness (QED) is 0.435. The highest BCUT2D eigenvalue weighted by molar-refractivity contribution is 7.80. The minimum Gasteiger partial charge on any atom is -0.364 e. The van der Waals surface area contributed by atoms with Gasteiger partial charge in [-0.05, 0) is 36.5 Å². The zero-order valence-corrected chi connectivity index (χ0v) is 13.9. The Kier molecular flexibility index (Phi) is 4.93. The molecule has 2 heterocycles. The van der Waals surface area contributed by atoms with E-state index in [1.807, 2.05) is 53.3 Å². The van der Waals surface area contributed by atoms with Crippen molar-refractivity contribution in [2.45, 2.75) is 0 Å². The summed E-state index contributed by atoms with van der Waals surface area (Å²) in [4.78, 5) is 4.17. The molecular formula is C17H16N6S. The number of benzene rings is 1. The second-order valence-electron chi connectivity index (χ2n) is 4.90. The van der Waals surface area contributed by atoms with E-state index in [0.29, 0.717) is 5.11 Å². The maximum Gasteiger partial charge on any atom is 0.186 e. The molecule has 0 saturated carbocycles. The fourth-order valence-corrected chi connectivity index (χ4v) is 2.19. The van der Waals surface area contributed by atoms with E-state index in [0.717, 1.165) is 22.5 Å². The third-order valence-corrected chi connectivity index (χ3v) is 3.59. The van der Waals surface area contributed by atoms with Gasteiger partial charge in [0, 0.05) is 36.8 Å². The van der Waals surface area contributed by atoms with Crippen LogP contribution >= 0.6 is 12.2 Å². The molecule has 3 rings (SSSR count). The van der Waals surface area contributed by atoms with E-state index < -0.39 is 0 Å². The third-order valence-electron chi connectivity index (χ3n) is 3.30. The molecule has 3 aromatic rings. The molecule has 0 fully saturated rings. The Labute approximate surface area is 145 Å². The van der Waals surface area contributed by atoms with Crippen molar-refractivity contribution < 1.29 is 0 Å². The molecule has 0 bridgehead atoms. The Morgan fingerprint density at radius 1 is 1.21 bits per heavy atom. The van der Waals surface area contributed by atoms with Crippen LogP contribution in [0.25, 0.3) is 16.9 Å². The van der Waals surface area contributed by atoms with E-state index in [1.54, 1.807) is 25.7 Å². The normalized spacial score (nSPS) is 10.7. The summed E-state index contributed by atoms with van der Waals surface area (Å²) < 4.78 is 1.82. The summed E-state index contributed by atoms with van der Waals surface area (Å²) in [5.41, 5.74) is 6.30. The standard InChI is InChI=1S/C17H16N6S/c1-18-17(24)21-20-11-14-12-23(15-7-3-2-4-8-15)22-16(14)13-6-5-9-19-10-13/h2-12H,1H3,(H2,18,21,24)/b20-11-. The molecule has 0 radical (unpaired) electrons. The smallest absolute Gasteiger partial charge is 0.186 e. The molecule has 6 nitrogen and oxygen atoms in total. The van der Waals surface area contributed by atoms with Crippen molar-refractivity contribution in [2.75, 3.05) is 7.05 Å². The van der Waals surface area contributed by atoms with E-state index in [2.05, 4.69) is 25.9 Å². The lowest BCUT2D eigenvalue weighted by Gasteiger charge is -2.00. The van der Waals surface area contributed by atoms with Crippen molar-refractivity contribution in [3.8, 4) is 16.9 Å². The van der Waals surface area contributed by atoms with Gasteiger partial charge in [0.1, 0.15) is 5.69 Å². The van der Waals surface area contributed by atoms with E-state index in [1.165, 1.54) is 0 Å². The van der Waals surface area contributed by atoms with Gasteiger partial charge in [-0.15, -0.1) is 0 Å². The van der Waals surface area contributed by atoms with E-state index in [9.17, 15) is 0 Å². The number of nitrogens with one attached hydrogen (secondary N) is 2. The van der Waals surface area contributed by atoms with Gasteiger partial charge in [-0.2, -0.15) is 10.2 Å². The summed E-state index contributed by atoms with van der Waals surface area (Å²) in [6.07, 6.45) is 7.13. The fourth-order valence-electron chi connectivity index (χ4n) is 2.14. The van der Waals surface area contributed by atoms with Gasteiger partial charge in [0.2, 0.25) is 0 Å². The molecule has 1 aromatic carbocycles. The van der Waals surface area contributed by atoms with Crippen LogP contribution in [-0.2, 0) is 0 Å². The summed E-state index contributed by atoms with van der Waals surface area (Å²) in [5.74, 6) is 0. The van der Waals surface area contributed by atoms with Crippen molar-refractivity contribution in [3.05, 3.63) is 66.6 Å². The van der Waals surface area contributed by atoms with Crippen LogP contribution < -0.4 is 10.7 Å². The van der Waals surface area contributed by atoms with Crippen LogP contribution in [0.15, 0.2) is 66.2 Å². The third kappa shape index (κ3) is 3.64. The lowest BCUT2D eigenvalue weighted by Crippen LogP contribution is -2.28. The Balaban J connectivity index is 1.99. The lowest BCUT2D eigenvalue weighted by atomic mass is 10.1. The summed E-state index contributed by atoms with van der Waals surface area (Å²) in [5, 5.41) is 12.1. The Morgan fingerprint density at radius 2 is 2.04 bits per heavy atom. The van der Waals surface area contributed by atoms with Crippen molar-refractivity contribution in [1.82, 2.24) is 25.5 Å². The van der Waals surface area contributed by atoms with Crippen LogP contribution in [0.2, 0.25) is 0 Å². The molecule has 0 atom stereocenters. The predicted octanol–water partition coefficient (Wildman–Crippen LogP) is 2.36. The molecule has 0 amide bonds. The highest BCUT2D eigenvalue weighted by atomic mass is 32.1. The van der Waals surface area contributed by atoms with Gasteiger partial charge < -0.3 is 5.32 Å². The molecule has 24 heavy (non-hydrogen) atoms. The molecule has 0 aliphatic carbocycles. The van der Waals surface area contributed by atoms with Crippen LogP contribution in [-0.4, -0.2) is 33.1 Å². The van der Waals surface area contributed by atoms with Crippen LogP contribution in [0.1, 0.15) is 5.56 Å². The topological polar surface area (TPSA) is 67.1 Å². The summed E-state index contributed by atoms with van der Waals surface area (Å²) in [6.45, 7) is 0. The molecule has 0 unspecified atom stereocenters. The first-order valence-electron chi connectivity index (χ1n) is 7.34. The number of hydrogen-bond donors (Lipinski definition) is 2. The molecule has 0 aliphatic heterocycles. The summed E-state index contributed by atoms with van der Waals surface area (Å²) >= 11 is 5.01. The number of rotatable bonds is 4. The molecule has 2 N–H and O–H groups in total.